The summed E-state index contributed by atoms with van der Waals surface area (Å²) in [6.45, 7) is 10.2. The number of nitrogens with zero attached hydrogens (tertiary/aromatic N) is 4. The molecule has 2 aromatic carbocycles. The van der Waals surface area contributed by atoms with Crippen molar-refractivity contribution in [1.29, 1.82) is 0 Å². The molecule has 1 aliphatic heterocycles. The molecule has 5 rings (SSSR count). The lowest BCUT2D eigenvalue weighted by Crippen LogP contribution is -2.47. The van der Waals surface area contributed by atoms with Crippen molar-refractivity contribution in [3.8, 4) is 11.1 Å². The first kappa shape index (κ1) is 20.3. The maximum Gasteiger partial charge on any atom is 0.225 e. The zero-order chi connectivity index (χ0) is 21.5. The highest BCUT2D eigenvalue weighted by molar-refractivity contribution is 7.17. The van der Waals surface area contributed by atoms with Crippen LogP contribution >= 0.6 is 22.9 Å². The first-order valence-corrected chi connectivity index (χ1v) is 11.8. The molecule has 2 aromatic heterocycles. The molecule has 6 heteroatoms. The Hall–Kier alpha value is -2.63. The topological polar surface area (TPSA) is 32.3 Å². The monoisotopic (exact) mass is 448 g/mol. The van der Waals surface area contributed by atoms with Crippen LogP contribution < -0.4 is 9.80 Å². The Bertz CT molecular complexity index is 1240. The molecule has 3 heterocycles. The smallest absolute Gasteiger partial charge is 0.225 e. The van der Waals surface area contributed by atoms with Crippen LogP contribution in [-0.2, 0) is 0 Å². The summed E-state index contributed by atoms with van der Waals surface area (Å²) in [5.74, 6) is 0.951. The van der Waals surface area contributed by atoms with Gasteiger partial charge in [-0.25, -0.2) is 4.98 Å². The van der Waals surface area contributed by atoms with Crippen LogP contribution in [0, 0.1) is 20.8 Å². The van der Waals surface area contributed by atoms with E-state index in [9.17, 15) is 0 Å². The fraction of sp³-hybridized carbons (Fsp3) is 0.280. The summed E-state index contributed by atoms with van der Waals surface area (Å²) < 4.78 is 0. The molecule has 0 aliphatic carbocycles. The van der Waals surface area contributed by atoms with Crippen LogP contribution in [0.15, 0.2) is 47.8 Å². The van der Waals surface area contributed by atoms with Crippen molar-refractivity contribution in [3.05, 3.63) is 69.8 Å². The summed E-state index contributed by atoms with van der Waals surface area (Å²) in [4.78, 5) is 15.0. The van der Waals surface area contributed by atoms with Crippen molar-refractivity contribution in [2.75, 3.05) is 36.0 Å². The standard InChI is InChI=1S/C25H25ClN4S/c1-16-7-9-19(10-8-16)20-15-31-24-22(20)23(27-25(26)28-24)30-13-11-29(12-14-30)21-6-4-5-17(2)18(21)3/h4-10,15H,11-14H2,1-3H3. The van der Waals surface area contributed by atoms with E-state index in [0.29, 0.717) is 5.28 Å². The van der Waals surface area contributed by atoms with E-state index in [1.807, 2.05) is 0 Å². The number of fused-ring (bicyclic) bond motifs is 1. The molecule has 0 atom stereocenters. The number of anilines is 2. The molecule has 0 unspecified atom stereocenters. The summed E-state index contributed by atoms with van der Waals surface area (Å²) in [7, 11) is 0. The van der Waals surface area contributed by atoms with Crippen LogP contribution in [0.2, 0.25) is 5.28 Å². The van der Waals surface area contributed by atoms with Crippen molar-refractivity contribution in [2.45, 2.75) is 20.8 Å². The third kappa shape index (κ3) is 3.77. The molecule has 31 heavy (non-hydrogen) atoms. The summed E-state index contributed by atoms with van der Waals surface area (Å²) >= 11 is 7.96. The SMILES string of the molecule is Cc1ccc(-c2csc3nc(Cl)nc(N4CCN(c5cccc(C)c5C)CC4)c23)cc1. The number of halogens is 1. The Morgan fingerprint density at radius 3 is 2.32 bits per heavy atom. The zero-order valence-corrected chi connectivity index (χ0v) is 19.6. The number of aromatic nitrogens is 2. The Balaban J connectivity index is 1.49. The van der Waals surface area contributed by atoms with E-state index in [-0.39, 0.29) is 0 Å². The predicted molar refractivity (Wildman–Crippen MR) is 133 cm³/mol. The number of aryl methyl sites for hydroxylation is 2. The molecular formula is C25H25ClN4S. The summed E-state index contributed by atoms with van der Waals surface area (Å²) in [5, 5.41) is 3.60. The number of piperazine rings is 1. The van der Waals surface area contributed by atoms with Crippen LogP contribution in [0.3, 0.4) is 0 Å². The Kier molecular flexibility index (Phi) is 5.32. The van der Waals surface area contributed by atoms with Gasteiger partial charge in [-0.15, -0.1) is 11.3 Å². The van der Waals surface area contributed by atoms with Crippen LogP contribution in [-0.4, -0.2) is 36.1 Å². The predicted octanol–water partition coefficient (Wildman–Crippen LogP) is 6.26. The summed E-state index contributed by atoms with van der Waals surface area (Å²) in [6.07, 6.45) is 0. The zero-order valence-electron chi connectivity index (χ0n) is 18.0. The quantitative estimate of drug-likeness (QED) is 0.346. The first-order chi connectivity index (χ1) is 15.0. The van der Waals surface area contributed by atoms with Crippen molar-refractivity contribution in [2.24, 2.45) is 0 Å². The minimum atomic E-state index is 0.316. The van der Waals surface area contributed by atoms with Gasteiger partial charge in [0.15, 0.2) is 0 Å². The average molecular weight is 449 g/mol. The second-order valence-corrected chi connectivity index (χ2v) is 9.40. The van der Waals surface area contributed by atoms with Gasteiger partial charge in [-0.1, -0.05) is 42.0 Å². The van der Waals surface area contributed by atoms with Crippen LogP contribution in [0.25, 0.3) is 21.3 Å². The maximum atomic E-state index is 6.33. The van der Waals surface area contributed by atoms with E-state index in [2.05, 4.69) is 83.4 Å². The van der Waals surface area contributed by atoms with Crippen molar-refractivity contribution in [1.82, 2.24) is 9.97 Å². The van der Waals surface area contributed by atoms with Gasteiger partial charge in [-0.3, -0.25) is 0 Å². The van der Waals surface area contributed by atoms with E-state index in [0.717, 1.165) is 42.2 Å². The Labute approximate surface area is 192 Å². The van der Waals surface area contributed by atoms with Gasteiger partial charge in [0, 0.05) is 42.8 Å². The van der Waals surface area contributed by atoms with Crippen molar-refractivity contribution in [3.63, 3.8) is 0 Å². The van der Waals surface area contributed by atoms with E-state index >= 15 is 0 Å². The van der Waals surface area contributed by atoms with Crippen LogP contribution in [0.5, 0.6) is 0 Å². The number of benzene rings is 2. The number of thiophene rings is 1. The highest BCUT2D eigenvalue weighted by Crippen LogP contribution is 2.39. The van der Waals surface area contributed by atoms with Crippen LogP contribution in [0.1, 0.15) is 16.7 Å². The Morgan fingerprint density at radius 2 is 1.58 bits per heavy atom. The maximum absolute atomic E-state index is 6.33. The van der Waals surface area contributed by atoms with Crippen molar-refractivity contribution >= 4 is 44.7 Å². The Morgan fingerprint density at radius 1 is 0.871 bits per heavy atom. The lowest BCUT2D eigenvalue weighted by Gasteiger charge is -2.38. The molecule has 1 aliphatic rings. The molecule has 158 valence electrons. The van der Waals surface area contributed by atoms with E-state index in [1.54, 1.807) is 11.3 Å². The van der Waals surface area contributed by atoms with Gasteiger partial charge in [-0.2, -0.15) is 4.98 Å². The molecule has 0 N–H and O–H groups in total. The molecule has 0 radical (unpaired) electrons. The second-order valence-electron chi connectivity index (χ2n) is 8.20. The number of hydrogen-bond acceptors (Lipinski definition) is 5. The van der Waals surface area contributed by atoms with Gasteiger partial charge in [0.1, 0.15) is 10.6 Å². The molecular weight excluding hydrogens is 424 g/mol. The molecule has 4 aromatic rings. The fourth-order valence-electron chi connectivity index (χ4n) is 4.31. The molecule has 0 bridgehead atoms. The highest BCUT2D eigenvalue weighted by atomic mass is 35.5. The number of hydrogen-bond donors (Lipinski definition) is 0. The molecule has 4 nitrogen and oxygen atoms in total. The lowest BCUT2D eigenvalue weighted by atomic mass is 10.0. The van der Waals surface area contributed by atoms with Gasteiger partial charge in [0.25, 0.3) is 0 Å². The van der Waals surface area contributed by atoms with Crippen molar-refractivity contribution < 1.29 is 0 Å². The van der Waals surface area contributed by atoms with Crippen LogP contribution in [0.4, 0.5) is 11.5 Å². The third-order valence-electron chi connectivity index (χ3n) is 6.25. The van der Waals surface area contributed by atoms with Gasteiger partial charge in [0.2, 0.25) is 5.28 Å². The minimum Gasteiger partial charge on any atom is -0.368 e. The molecule has 1 fully saturated rings. The number of rotatable bonds is 3. The van der Waals surface area contributed by atoms with Gasteiger partial charge < -0.3 is 9.80 Å². The highest BCUT2D eigenvalue weighted by Gasteiger charge is 2.24. The van der Waals surface area contributed by atoms with Gasteiger partial charge in [0.05, 0.1) is 5.39 Å². The molecule has 0 spiro atoms. The summed E-state index contributed by atoms with van der Waals surface area (Å²) in [5.41, 5.74) is 7.67. The van der Waals surface area contributed by atoms with E-state index < -0.39 is 0 Å². The normalized spacial score (nSPS) is 14.5. The first-order valence-electron chi connectivity index (χ1n) is 10.6. The average Bonchev–Trinajstić information content (AvgIpc) is 3.19. The fourth-order valence-corrected chi connectivity index (χ4v) is 5.47. The van der Waals surface area contributed by atoms with Gasteiger partial charge in [-0.05, 0) is 55.1 Å². The minimum absolute atomic E-state index is 0.316. The lowest BCUT2D eigenvalue weighted by molar-refractivity contribution is 0.647. The van der Waals surface area contributed by atoms with E-state index in [1.165, 1.54) is 33.5 Å². The molecule has 1 saturated heterocycles. The molecule has 0 amide bonds. The van der Waals surface area contributed by atoms with E-state index in [4.69, 9.17) is 16.6 Å². The summed E-state index contributed by atoms with van der Waals surface area (Å²) in [6, 6.07) is 15.2. The second kappa shape index (κ2) is 8.13. The molecule has 0 saturated carbocycles. The van der Waals surface area contributed by atoms with Gasteiger partial charge >= 0.3 is 0 Å². The largest absolute Gasteiger partial charge is 0.368 e. The third-order valence-corrected chi connectivity index (χ3v) is 7.29.